The van der Waals surface area contributed by atoms with Gasteiger partial charge in [0.2, 0.25) is 0 Å². The molecule has 1 aromatic heterocycles. The predicted molar refractivity (Wildman–Crippen MR) is 54.1 cm³/mol. The minimum atomic E-state index is -1.58. The highest BCUT2D eigenvalue weighted by Gasteiger charge is 2.22. The second kappa shape index (κ2) is 3.84. The number of hydrogen-bond acceptors (Lipinski definition) is 4. The van der Waals surface area contributed by atoms with Gasteiger partial charge in [-0.2, -0.15) is 0 Å². The molecular weight excluding hydrogens is 199 g/mol. The molecule has 0 saturated carbocycles. The fourth-order valence-corrected chi connectivity index (χ4v) is 1.09. The number of halogens is 1. The van der Waals surface area contributed by atoms with E-state index in [2.05, 4.69) is 9.72 Å². The van der Waals surface area contributed by atoms with Gasteiger partial charge in [0, 0.05) is 0 Å². The van der Waals surface area contributed by atoms with Crippen molar-refractivity contribution in [2.45, 2.75) is 19.5 Å². The maximum absolute atomic E-state index is 13.5. The second-order valence-electron chi connectivity index (χ2n) is 3.59. The van der Waals surface area contributed by atoms with Gasteiger partial charge in [-0.1, -0.05) is 0 Å². The van der Waals surface area contributed by atoms with Gasteiger partial charge in [0.15, 0.2) is 0 Å². The van der Waals surface area contributed by atoms with Crippen molar-refractivity contribution < 1.29 is 13.9 Å². The third-order valence-corrected chi connectivity index (χ3v) is 1.94. The zero-order chi connectivity index (χ0) is 11.6. The Bertz CT molecular complexity index is 385. The number of esters is 1. The van der Waals surface area contributed by atoms with E-state index in [0.717, 1.165) is 0 Å². The molecule has 0 aliphatic rings. The van der Waals surface area contributed by atoms with Crippen molar-refractivity contribution in [2.75, 3.05) is 12.8 Å². The maximum Gasteiger partial charge on any atom is 0.341 e. The second-order valence-corrected chi connectivity index (χ2v) is 3.59. The molecule has 0 aliphatic heterocycles. The van der Waals surface area contributed by atoms with Gasteiger partial charge < -0.3 is 10.5 Å². The molecule has 0 amide bonds. The Kier molecular flexibility index (Phi) is 2.93. The third-order valence-electron chi connectivity index (χ3n) is 1.94. The molecule has 5 heteroatoms. The lowest BCUT2D eigenvalue weighted by molar-refractivity contribution is 0.0601. The van der Waals surface area contributed by atoms with Crippen molar-refractivity contribution in [3.05, 3.63) is 23.4 Å². The van der Waals surface area contributed by atoms with Crippen LogP contribution in [-0.2, 0) is 10.4 Å². The van der Waals surface area contributed by atoms with Gasteiger partial charge in [0.1, 0.15) is 17.1 Å². The summed E-state index contributed by atoms with van der Waals surface area (Å²) in [6, 6.07) is 2.83. The smallest absolute Gasteiger partial charge is 0.341 e. The number of carbonyl (C=O) groups is 1. The van der Waals surface area contributed by atoms with Crippen molar-refractivity contribution in [1.82, 2.24) is 4.98 Å². The van der Waals surface area contributed by atoms with Crippen molar-refractivity contribution in [2.24, 2.45) is 0 Å². The van der Waals surface area contributed by atoms with E-state index in [0.29, 0.717) is 0 Å². The van der Waals surface area contributed by atoms with Gasteiger partial charge in [0.25, 0.3) is 0 Å². The quantitative estimate of drug-likeness (QED) is 0.757. The van der Waals surface area contributed by atoms with Crippen LogP contribution < -0.4 is 5.73 Å². The summed E-state index contributed by atoms with van der Waals surface area (Å²) in [5.41, 5.74) is 4.27. The minimum absolute atomic E-state index is 0.0231. The molecule has 0 saturated heterocycles. The van der Waals surface area contributed by atoms with Gasteiger partial charge in [-0.15, -0.1) is 0 Å². The number of aromatic nitrogens is 1. The summed E-state index contributed by atoms with van der Waals surface area (Å²) in [6.07, 6.45) is 0. The van der Waals surface area contributed by atoms with Crippen LogP contribution in [0.5, 0.6) is 0 Å². The van der Waals surface area contributed by atoms with Crippen molar-refractivity contribution in [3.8, 4) is 0 Å². The van der Waals surface area contributed by atoms with E-state index in [4.69, 9.17) is 5.73 Å². The summed E-state index contributed by atoms with van der Waals surface area (Å²) in [7, 11) is 1.24. The summed E-state index contributed by atoms with van der Waals surface area (Å²) < 4.78 is 18.0. The Hall–Kier alpha value is -1.65. The lowest BCUT2D eigenvalue weighted by Crippen LogP contribution is -2.15. The van der Waals surface area contributed by atoms with E-state index in [-0.39, 0.29) is 17.1 Å². The molecular formula is C10H13FN2O2. The van der Waals surface area contributed by atoms with Gasteiger partial charge >= 0.3 is 5.97 Å². The van der Waals surface area contributed by atoms with Gasteiger partial charge in [0.05, 0.1) is 12.8 Å². The molecule has 2 N–H and O–H groups in total. The highest BCUT2D eigenvalue weighted by Crippen LogP contribution is 2.24. The molecule has 0 spiro atoms. The van der Waals surface area contributed by atoms with E-state index >= 15 is 0 Å². The molecule has 0 radical (unpaired) electrons. The van der Waals surface area contributed by atoms with Crippen LogP contribution in [0.1, 0.15) is 29.9 Å². The Morgan fingerprint density at radius 2 is 2.13 bits per heavy atom. The Balaban J connectivity index is 3.15. The predicted octanol–water partition coefficient (Wildman–Crippen LogP) is 1.65. The van der Waals surface area contributed by atoms with Crippen LogP contribution in [0.15, 0.2) is 12.1 Å². The minimum Gasteiger partial charge on any atom is -0.465 e. The first-order valence-corrected chi connectivity index (χ1v) is 4.40. The highest BCUT2D eigenvalue weighted by molar-refractivity contribution is 5.93. The SMILES string of the molecule is COC(=O)c1ccc(C(C)(C)F)nc1N. The van der Waals surface area contributed by atoms with E-state index in [1.165, 1.54) is 33.1 Å². The van der Waals surface area contributed by atoms with E-state index in [1.54, 1.807) is 0 Å². The Labute approximate surface area is 87.3 Å². The normalized spacial score (nSPS) is 11.2. The largest absolute Gasteiger partial charge is 0.465 e. The molecule has 1 heterocycles. The summed E-state index contributed by atoms with van der Waals surface area (Å²) in [5.74, 6) is -0.603. The molecule has 0 fully saturated rings. The molecule has 0 aromatic carbocycles. The zero-order valence-corrected chi connectivity index (χ0v) is 8.87. The van der Waals surface area contributed by atoms with Crippen LogP contribution in [0.25, 0.3) is 0 Å². The topological polar surface area (TPSA) is 65.2 Å². The number of methoxy groups -OCH3 is 1. The zero-order valence-electron chi connectivity index (χ0n) is 8.87. The third kappa shape index (κ3) is 2.43. The summed E-state index contributed by atoms with van der Waals surface area (Å²) in [4.78, 5) is 15.0. The summed E-state index contributed by atoms with van der Waals surface area (Å²) >= 11 is 0. The van der Waals surface area contributed by atoms with Crippen LogP contribution >= 0.6 is 0 Å². The molecule has 0 aliphatic carbocycles. The first kappa shape index (κ1) is 11.4. The molecule has 82 valence electrons. The van der Waals surface area contributed by atoms with Crippen LogP contribution in [-0.4, -0.2) is 18.1 Å². The number of carbonyl (C=O) groups excluding carboxylic acids is 1. The summed E-state index contributed by atoms with van der Waals surface area (Å²) in [6.45, 7) is 2.74. The van der Waals surface area contributed by atoms with Crippen LogP contribution in [0.3, 0.4) is 0 Å². The number of rotatable bonds is 2. The number of hydrogen-bond donors (Lipinski definition) is 1. The lowest BCUT2D eigenvalue weighted by Gasteiger charge is -2.14. The number of anilines is 1. The molecule has 0 unspecified atom stereocenters. The van der Waals surface area contributed by atoms with E-state index < -0.39 is 11.6 Å². The monoisotopic (exact) mass is 212 g/mol. The number of nitrogens with two attached hydrogens (primary N) is 1. The molecule has 0 atom stereocenters. The molecule has 4 nitrogen and oxygen atoms in total. The Morgan fingerprint density at radius 3 is 2.53 bits per heavy atom. The first-order valence-electron chi connectivity index (χ1n) is 4.40. The fraction of sp³-hybridized carbons (Fsp3) is 0.400. The average Bonchev–Trinajstić information content (AvgIpc) is 2.15. The van der Waals surface area contributed by atoms with Crippen molar-refractivity contribution in [1.29, 1.82) is 0 Å². The van der Waals surface area contributed by atoms with Crippen molar-refractivity contribution in [3.63, 3.8) is 0 Å². The van der Waals surface area contributed by atoms with E-state index in [9.17, 15) is 9.18 Å². The summed E-state index contributed by atoms with van der Waals surface area (Å²) in [5, 5.41) is 0. The molecule has 0 bridgehead atoms. The fourth-order valence-electron chi connectivity index (χ4n) is 1.09. The van der Waals surface area contributed by atoms with Gasteiger partial charge in [-0.25, -0.2) is 14.2 Å². The lowest BCUT2D eigenvalue weighted by atomic mass is 10.1. The van der Waals surface area contributed by atoms with Gasteiger partial charge in [-0.05, 0) is 26.0 Å². The molecule has 15 heavy (non-hydrogen) atoms. The van der Waals surface area contributed by atoms with Crippen LogP contribution in [0.2, 0.25) is 0 Å². The highest BCUT2D eigenvalue weighted by atomic mass is 19.1. The van der Waals surface area contributed by atoms with E-state index in [1.807, 2.05) is 0 Å². The first-order chi connectivity index (χ1) is 6.86. The van der Waals surface area contributed by atoms with Crippen LogP contribution in [0, 0.1) is 0 Å². The number of nitrogens with zero attached hydrogens (tertiary/aromatic N) is 1. The Morgan fingerprint density at radius 1 is 1.53 bits per heavy atom. The number of alkyl halides is 1. The molecule has 1 aromatic rings. The standard InChI is InChI=1S/C10H13FN2O2/c1-10(2,11)7-5-4-6(8(12)13-7)9(14)15-3/h4-5H,1-3H3,(H2,12,13). The molecule has 1 rings (SSSR count). The number of nitrogen functional groups attached to an aromatic ring is 1. The van der Waals surface area contributed by atoms with Crippen LogP contribution in [0.4, 0.5) is 10.2 Å². The average molecular weight is 212 g/mol. The number of ether oxygens (including phenoxy) is 1. The van der Waals surface area contributed by atoms with Gasteiger partial charge in [-0.3, -0.25) is 0 Å². The number of pyridine rings is 1. The van der Waals surface area contributed by atoms with Crippen molar-refractivity contribution >= 4 is 11.8 Å². The maximum atomic E-state index is 13.5.